The van der Waals surface area contributed by atoms with Crippen LogP contribution in [0.2, 0.25) is 0 Å². The van der Waals surface area contributed by atoms with E-state index in [-0.39, 0.29) is 0 Å². The lowest BCUT2D eigenvalue weighted by Crippen LogP contribution is -2.41. The standard InChI is InChI=1S/C17H27NO/c19-17(11-14-10-12-5-6-13(14)9-12)18(16-7-8-16)15-3-1-2-4-15/h12-16H,1-11H2. The summed E-state index contributed by atoms with van der Waals surface area (Å²) < 4.78 is 0. The van der Waals surface area contributed by atoms with Crippen LogP contribution in [-0.4, -0.2) is 22.9 Å². The Balaban J connectivity index is 1.40. The van der Waals surface area contributed by atoms with Crippen molar-refractivity contribution < 1.29 is 4.79 Å². The minimum absolute atomic E-state index is 0.520. The van der Waals surface area contributed by atoms with Crippen LogP contribution >= 0.6 is 0 Å². The molecule has 4 saturated carbocycles. The van der Waals surface area contributed by atoms with Crippen molar-refractivity contribution in [3.05, 3.63) is 0 Å². The first kappa shape index (κ1) is 12.2. The van der Waals surface area contributed by atoms with Crippen LogP contribution in [-0.2, 0) is 4.79 Å². The molecule has 4 fully saturated rings. The summed E-state index contributed by atoms with van der Waals surface area (Å²) in [5.41, 5.74) is 0. The molecule has 0 aromatic rings. The molecule has 4 aliphatic carbocycles. The summed E-state index contributed by atoms with van der Waals surface area (Å²) in [6.45, 7) is 0. The number of amides is 1. The third-order valence-corrected chi connectivity index (χ3v) is 6.27. The minimum Gasteiger partial charge on any atom is -0.337 e. The van der Waals surface area contributed by atoms with Crippen molar-refractivity contribution in [3.8, 4) is 0 Å². The highest BCUT2D eigenvalue weighted by Gasteiger charge is 2.43. The smallest absolute Gasteiger partial charge is 0.223 e. The van der Waals surface area contributed by atoms with Gasteiger partial charge in [0.1, 0.15) is 0 Å². The Morgan fingerprint density at radius 3 is 2.21 bits per heavy atom. The predicted molar refractivity (Wildman–Crippen MR) is 75.7 cm³/mol. The first-order valence-corrected chi connectivity index (χ1v) is 8.62. The maximum absolute atomic E-state index is 12.8. The van der Waals surface area contributed by atoms with Gasteiger partial charge in [-0.15, -0.1) is 0 Å². The van der Waals surface area contributed by atoms with Gasteiger partial charge in [0.25, 0.3) is 0 Å². The average Bonchev–Trinajstić information content (AvgIpc) is 2.83. The SMILES string of the molecule is O=C(CC1CC2CCC1C2)N(C1CCCC1)C1CC1. The van der Waals surface area contributed by atoms with Crippen LogP contribution in [0, 0.1) is 17.8 Å². The highest BCUT2D eigenvalue weighted by Crippen LogP contribution is 2.50. The number of hydrogen-bond acceptors (Lipinski definition) is 1. The normalized spacial score (nSPS) is 38.0. The largest absolute Gasteiger partial charge is 0.337 e. The number of rotatable bonds is 4. The first-order chi connectivity index (χ1) is 9.31. The van der Waals surface area contributed by atoms with Gasteiger partial charge in [0, 0.05) is 18.5 Å². The average molecular weight is 261 g/mol. The van der Waals surface area contributed by atoms with Gasteiger partial charge in [0.2, 0.25) is 5.91 Å². The Labute approximate surface area is 116 Å². The molecule has 19 heavy (non-hydrogen) atoms. The van der Waals surface area contributed by atoms with Gasteiger partial charge in [0.15, 0.2) is 0 Å². The maximum Gasteiger partial charge on any atom is 0.223 e. The van der Waals surface area contributed by atoms with E-state index < -0.39 is 0 Å². The molecule has 0 aromatic heterocycles. The molecule has 0 N–H and O–H groups in total. The van der Waals surface area contributed by atoms with Crippen LogP contribution in [0.15, 0.2) is 0 Å². The molecular formula is C17H27NO. The number of fused-ring (bicyclic) bond motifs is 2. The molecule has 0 radical (unpaired) electrons. The first-order valence-electron chi connectivity index (χ1n) is 8.62. The molecule has 3 unspecified atom stereocenters. The second-order valence-electron chi connectivity index (χ2n) is 7.61. The van der Waals surface area contributed by atoms with Crippen molar-refractivity contribution in [2.45, 2.75) is 82.7 Å². The van der Waals surface area contributed by atoms with Crippen LogP contribution in [0.3, 0.4) is 0 Å². The molecule has 0 aliphatic heterocycles. The summed E-state index contributed by atoms with van der Waals surface area (Å²) in [6.07, 6.45) is 14.3. The number of nitrogens with zero attached hydrogens (tertiary/aromatic N) is 1. The minimum atomic E-state index is 0.520. The fourth-order valence-electron chi connectivity index (χ4n) is 5.20. The third-order valence-electron chi connectivity index (χ3n) is 6.27. The zero-order chi connectivity index (χ0) is 12.8. The van der Waals surface area contributed by atoms with Crippen LogP contribution in [0.1, 0.15) is 70.6 Å². The van der Waals surface area contributed by atoms with Gasteiger partial charge in [-0.05, 0) is 62.7 Å². The Bertz CT molecular complexity index is 356. The van der Waals surface area contributed by atoms with Crippen LogP contribution < -0.4 is 0 Å². The lowest BCUT2D eigenvalue weighted by molar-refractivity contribution is -0.135. The van der Waals surface area contributed by atoms with Crippen LogP contribution in [0.4, 0.5) is 0 Å². The molecule has 2 nitrogen and oxygen atoms in total. The molecule has 4 rings (SSSR count). The van der Waals surface area contributed by atoms with Gasteiger partial charge in [-0.2, -0.15) is 0 Å². The molecule has 4 aliphatic rings. The topological polar surface area (TPSA) is 20.3 Å². The van der Waals surface area contributed by atoms with Crippen molar-refractivity contribution >= 4 is 5.91 Å². The fourth-order valence-corrected chi connectivity index (χ4v) is 5.20. The number of carbonyl (C=O) groups excluding carboxylic acids is 1. The summed E-state index contributed by atoms with van der Waals surface area (Å²) in [5.74, 6) is 3.14. The maximum atomic E-state index is 12.8. The molecule has 3 atom stereocenters. The quantitative estimate of drug-likeness (QED) is 0.755. The number of hydrogen-bond donors (Lipinski definition) is 0. The highest BCUT2D eigenvalue weighted by atomic mass is 16.2. The zero-order valence-electron chi connectivity index (χ0n) is 12.0. The summed E-state index contributed by atoms with van der Waals surface area (Å²) in [5, 5.41) is 0. The molecule has 106 valence electrons. The van der Waals surface area contributed by atoms with Gasteiger partial charge in [-0.25, -0.2) is 0 Å². The fraction of sp³-hybridized carbons (Fsp3) is 0.941. The van der Waals surface area contributed by atoms with E-state index in [9.17, 15) is 4.79 Å². The summed E-state index contributed by atoms with van der Waals surface area (Å²) >= 11 is 0. The molecule has 0 spiro atoms. The molecule has 0 saturated heterocycles. The zero-order valence-corrected chi connectivity index (χ0v) is 12.0. The van der Waals surface area contributed by atoms with Crippen molar-refractivity contribution in [1.29, 1.82) is 0 Å². The second kappa shape index (κ2) is 4.79. The predicted octanol–water partition coefficient (Wildman–Crippen LogP) is 3.75. The van der Waals surface area contributed by atoms with E-state index in [1.54, 1.807) is 0 Å². The van der Waals surface area contributed by atoms with E-state index in [1.807, 2.05) is 0 Å². The summed E-state index contributed by atoms with van der Waals surface area (Å²) in [7, 11) is 0. The van der Waals surface area contributed by atoms with Crippen LogP contribution in [0.5, 0.6) is 0 Å². The van der Waals surface area contributed by atoms with Gasteiger partial charge in [-0.1, -0.05) is 19.3 Å². The number of carbonyl (C=O) groups is 1. The Kier molecular flexibility index (Phi) is 3.08. The Morgan fingerprint density at radius 1 is 0.895 bits per heavy atom. The molecule has 2 bridgehead atoms. The lowest BCUT2D eigenvalue weighted by Gasteiger charge is -2.31. The molecule has 0 aromatic carbocycles. The molecule has 2 heteroatoms. The van der Waals surface area contributed by atoms with Crippen molar-refractivity contribution in [1.82, 2.24) is 4.90 Å². The van der Waals surface area contributed by atoms with E-state index in [4.69, 9.17) is 0 Å². The van der Waals surface area contributed by atoms with Gasteiger partial charge >= 0.3 is 0 Å². The lowest BCUT2D eigenvalue weighted by atomic mass is 9.86. The van der Waals surface area contributed by atoms with E-state index in [0.717, 1.165) is 24.2 Å². The van der Waals surface area contributed by atoms with E-state index >= 15 is 0 Å². The third kappa shape index (κ3) is 2.32. The van der Waals surface area contributed by atoms with E-state index in [2.05, 4.69) is 4.90 Å². The summed E-state index contributed by atoms with van der Waals surface area (Å²) in [6, 6.07) is 1.24. The van der Waals surface area contributed by atoms with E-state index in [0.29, 0.717) is 18.0 Å². The van der Waals surface area contributed by atoms with Crippen LogP contribution in [0.25, 0.3) is 0 Å². The van der Waals surface area contributed by atoms with Crippen molar-refractivity contribution in [2.75, 3.05) is 0 Å². The molecule has 0 heterocycles. The van der Waals surface area contributed by atoms with Crippen molar-refractivity contribution in [2.24, 2.45) is 17.8 Å². The highest BCUT2D eigenvalue weighted by molar-refractivity contribution is 5.77. The van der Waals surface area contributed by atoms with Gasteiger partial charge < -0.3 is 4.90 Å². The van der Waals surface area contributed by atoms with Gasteiger partial charge in [-0.3, -0.25) is 4.79 Å². The monoisotopic (exact) mass is 261 g/mol. The second-order valence-corrected chi connectivity index (χ2v) is 7.61. The molecule has 1 amide bonds. The van der Waals surface area contributed by atoms with Gasteiger partial charge in [0.05, 0.1) is 0 Å². The summed E-state index contributed by atoms with van der Waals surface area (Å²) in [4.78, 5) is 15.1. The Hall–Kier alpha value is -0.530. The van der Waals surface area contributed by atoms with E-state index in [1.165, 1.54) is 64.2 Å². The van der Waals surface area contributed by atoms with Crippen molar-refractivity contribution in [3.63, 3.8) is 0 Å². The Morgan fingerprint density at radius 2 is 1.63 bits per heavy atom. The molecular weight excluding hydrogens is 234 g/mol.